The highest BCUT2D eigenvalue weighted by atomic mass is 16.5. The molecule has 0 bridgehead atoms. The molecule has 0 fully saturated rings. The van der Waals surface area contributed by atoms with Crippen LogP contribution in [0.1, 0.15) is 252 Å². The molecular weight excluding hydrogens is 755 g/mol. The van der Waals surface area contributed by atoms with Crippen LogP contribution in [0, 0.1) is 0 Å². The number of nitrogens with one attached hydrogen (secondary N) is 1. The molecule has 0 aliphatic heterocycles. The van der Waals surface area contributed by atoms with Gasteiger partial charge >= 0.3 is 5.97 Å². The Morgan fingerprint density at radius 3 is 1.44 bits per heavy atom. The molecule has 0 saturated heterocycles. The first-order valence-corrected chi connectivity index (χ1v) is 26.0. The van der Waals surface area contributed by atoms with Crippen molar-refractivity contribution >= 4 is 11.9 Å². The summed E-state index contributed by atoms with van der Waals surface area (Å²) in [5.41, 5.74) is 0. The second-order valence-electron chi connectivity index (χ2n) is 17.6. The van der Waals surface area contributed by atoms with Gasteiger partial charge in [-0.1, -0.05) is 216 Å². The van der Waals surface area contributed by atoms with Gasteiger partial charge in [0.2, 0.25) is 5.91 Å². The zero-order valence-corrected chi connectivity index (χ0v) is 40.3. The first kappa shape index (κ1) is 58.6. The fraction of sp³-hybridized carbons (Fsp3) is 0.782. The lowest BCUT2D eigenvalue weighted by Crippen LogP contribution is -2.46. The summed E-state index contributed by atoms with van der Waals surface area (Å²) in [6.45, 7) is 6.35. The third kappa shape index (κ3) is 44.0. The Hall–Kier alpha value is -2.44. The molecule has 0 aliphatic carbocycles. The van der Waals surface area contributed by atoms with Crippen molar-refractivity contribution < 1.29 is 24.5 Å². The van der Waals surface area contributed by atoms with E-state index in [1.807, 2.05) is 0 Å². The molecule has 3 atom stereocenters. The predicted molar refractivity (Wildman–Crippen MR) is 264 cm³/mol. The van der Waals surface area contributed by atoms with Crippen LogP contribution < -0.4 is 5.32 Å². The van der Waals surface area contributed by atoms with Crippen molar-refractivity contribution in [3.8, 4) is 0 Å². The van der Waals surface area contributed by atoms with E-state index < -0.39 is 18.2 Å². The van der Waals surface area contributed by atoms with E-state index in [0.29, 0.717) is 19.3 Å². The van der Waals surface area contributed by atoms with Gasteiger partial charge in [0.1, 0.15) is 6.10 Å². The fourth-order valence-corrected chi connectivity index (χ4v) is 7.67. The van der Waals surface area contributed by atoms with Crippen molar-refractivity contribution in [3.63, 3.8) is 0 Å². The van der Waals surface area contributed by atoms with Crippen molar-refractivity contribution in [1.29, 1.82) is 0 Å². The van der Waals surface area contributed by atoms with Gasteiger partial charge in [-0.3, -0.25) is 9.59 Å². The molecule has 354 valence electrons. The molecule has 61 heavy (non-hydrogen) atoms. The molecule has 3 N–H and O–H groups in total. The molecule has 0 aromatic carbocycles. The van der Waals surface area contributed by atoms with E-state index in [1.165, 1.54) is 103 Å². The number of hydrogen-bond acceptors (Lipinski definition) is 5. The Morgan fingerprint density at radius 1 is 0.508 bits per heavy atom. The number of unbranched alkanes of at least 4 members (excludes halogenated alkanes) is 25. The van der Waals surface area contributed by atoms with Crippen LogP contribution in [0.25, 0.3) is 0 Å². The molecule has 0 saturated carbocycles. The molecule has 0 spiro atoms. The molecule has 0 heterocycles. The van der Waals surface area contributed by atoms with E-state index >= 15 is 0 Å². The monoisotopic (exact) mass is 854 g/mol. The van der Waals surface area contributed by atoms with Crippen LogP contribution in [0.2, 0.25) is 0 Å². The molecule has 0 rings (SSSR count). The minimum absolute atomic E-state index is 0.0509. The molecule has 0 aliphatic rings. The molecule has 0 radical (unpaired) electrons. The van der Waals surface area contributed by atoms with Crippen LogP contribution in [-0.2, 0) is 14.3 Å². The van der Waals surface area contributed by atoms with Crippen LogP contribution in [0.5, 0.6) is 0 Å². The van der Waals surface area contributed by atoms with Gasteiger partial charge in [-0.25, -0.2) is 0 Å². The Labute approximate surface area is 378 Å². The fourth-order valence-electron chi connectivity index (χ4n) is 7.67. The third-order valence-corrected chi connectivity index (χ3v) is 11.6. The second-order valence-corrected chi connectivity index (χ2v) is 17.6. The van der Waals surface area contributed by atoms with Gasteiger partial charge in [-0.15, -0.1) is 0 Å². The number of esters is 1. The first-order valence-electron chi connectivity index (χ1n) is 26.0. The average Bonchev–Trinajstić information content (AvgIpc) is 3.25. The summed E-state index contributed by atoms with van der Waals surface area (Å²) >= 11 is 0. The van der Waals surface area contributed by atoms with Crippen LogP contribution in [-0.4, -0.2) is 46.9 Å². The maximum atomic E-state index is 13.2. The van der Waals surface area contributed by atoms with Crippen LogP contribution in [0.3, 0.4) is 0 Å². The summed E-state index contributed by atoms with van der Waals surface area (Å²) in [6.07, 6.45) is 59.9. The number of aliphatic hydroxyl groups excluding tert-OH is 2. The Kier molecular flexibility index (Phi) is 46.6. The van der Waals surface area contributed by atoms with Gasteiger partial charge in [0.15, 0.2) is 0 Å². The number of carbonyl (C=O) groups excluding carboxylic acids is 2. The Morgan fingerprint density at radius 2 is 0.934 bits per heavy atom. The van der Waals surface area contributed by atoms with E-state index in [9.17, 15) is 19.8 Å². The summed E-state index contributed by atoms with van der Waals surface area (Å²) in [7, 11) is 0. The zero-order valence-electron chi connectivity index (χ0n) is 40.3. The SMILES string of the molecule is CC/C=C/C/C=C/C/C=C/CCCCCCC(CC(=O)NC(CO)C(O)CCCCCCCCCCCCCC)OC(=O)CCCCC/C=C/C=C/CCCCCCCCC. The summed E-state index contributed by atoms with van der Waals surface area (Å²) in [5.74, 6) is -0.526. The highest BCUT2D eigenvalue weighted by molar-refractivity contribution is 5.77. The van der Waals surface area contributed by atoms with E-state index in [1.54, 1.807) is 0 Å². The largest absolute Gasteiger partial charge is 0.462 e. The summed E-state index contributed by atoms with van der Waals surface area (Å²) in [4.78, 5) is 26.1. The lowest BCUT2D eigenvalue weighted by Gasteiger charge is -2.24. The van der Waals surface area contributed by atoms with E-state index in [0.717, 1.165) is 103 Å². The highest BCUT2D eigenvalue weighted by Crippen LogP contribution is 2.17. The normalized spacial score (nSPS) is 13.7. The van der Waals surface area contributed by atoms with Gasteiger partial charge in [0.25, 0.3) is 0 Å². The number of ether oxygens (including phenoxy) is 1. The van der Waals surface area contributed by atoms with Crippen molar-refractivity contribution in [2.24, 2.45) is 0 Å². The quantitative estimate of drug-likeness (QED) is 0.0245. The summed E-state index contributed by atoms with van der Waals surface area (Å²) in [6, 6.07) is -0.715. The number of allylic oxidation sites excluding steroid dienone is 10. The molecular formula is C55H99NO5. The Balaban J connectivity index is 4.66. The third-order valence-electron chi connectivity index (χ3n) is 11.6. The standard InChI is InChI=1S/C55H99NO5/c1-4-7-10-13-16-19-22-25-27-28-30-33-36-39-42-45-48-55(60)61-51(46-43-40-37-34-31-29-26-23-20-17-14-11-8-5-2)49-54(59)56-52(50-57)53(58)47-44-41-38-35-32-24-21-18-15-12-9-6-3/h8,11,17,20,26-30,33,51-53,57-58H,4-7,9-10,12-16,18-19,21-25,31-32,34-50H2,1-3H3,(H,56,59)/b11-8+,20-17+,28-27+,29-26+,33-30+. The van der Waals surface area contributed by atoms with Gasteiger partial charge in [0, 0.05) is 6.42 Å². The zero-order chi connectivity index (χ0) is 44.5. The summed E-state index contributed by atoms with van der Waals surface area (Å²) in [5, 5.41) is 23.7. The van der Waals surface area contributed by atoms with E-state index in [2.05, 4.69) is 86.8 Å². The molecule has 0 aromatic heterocycles. The number of carbonyl (C=O) groups is 2. The smallest absolute Gasteiger partial charge is 0.306 e. The van der Waals surface area contributed by atoms with Crippen molar-refractivity contribution in [2.45, 2.75) is 270 Å². The minimum atomic E-state index is -0.799. The van der Waals surface area contributed by atoms with Gasteiger partial charge in [-0.05, 0) is 83.5 Å². The summed E-state index contributed by atoms with van der Waals surface area (Å²) < 4.78 is 5.91. The molecule has 3 unspecified atom stereocenters. The topological polar surface area (TPSA) is 95.9 Å². The lowest BCUT2D eigenvalue weighted by molar-refractivity contribution is -0.151. The van der Waals surface area contributed by atoms with Crippen LogP contribution in [0.4, 0.5) is 0 Å². The molecule has 6 nitrogen and oxygen atoms in total. The Bertz CT molecular complexity index is 1090. The van der Waals surface area contributed by atoms with E-state index in [-0.39, 0.29) is 24.9 Å². The first-order chi connectivity index (χ1) is 30.0. The number of amides is 1. The molecule has 0 aromatic rings. The average molecular weight is 854 g/mol. The lowest BCUT2D eigenvalue weighted by atomic mass is 10.0. The van der Waals surface area contributed by atoms with Gasteiger partial charge in [-0.2, -0.15) is 0 Å². The maximum absolute atomic E-state index is 13.2. The molecule has 1 amide bonds. The van der Waals surface area contributed by atoms with E-state index in [4.69, 9.17) is 4.74 Å². The van der Waals surface area contributed by atoms with Crippen molar-refractivity contribution in [1.82, 2.24) is 5.32 Å². The number of hydrogen-bond donors (Lipinski definition) is 3. The highest BCUT2D eigenvalue weighted by Gasteiger charge is 2.24. The maximum Gasteiger partial charge on any atom is 0.306 e. The van der Waals surface area contributed by atoms with Gasteiger partial charge in [0.05, 0.1) is 25.2 Å². The van der Waals surface area contributed by atoms with Crippen LogP contribution in [0.15, 0.2) is 60.8 Å². The van der Waals surface area contributed by atoms with Gasteiger partial charge < -0.3 is 20.3 Å². The molecule has 6 heteroatoms. The predicted octanol–water partition coefficient (Wildman–Crippen LogP) is 15.6. The number of rotatable bonds is 46. The van der Waals surface area contributed by atoms with Crippen LogP contribution >= 0.6 is 0 Å². The van der Waals surface area contributed by atoms with Crippen molar-refractivity contribution in [3.05, 3.63) is 60.8 Å². The minimum Gasteiger partial charge on any atom is -0.462 e. The second kappa shape index (κ2) is 48.6. The number of aliphatic hydroxyl groups is 2. The van der Waals surface area contributed by atoms with Crippen molar-refractivity contribution in [2.75, 3.05) is 6.61 Å².